The quantitative estimate of drug-likeness (QED) is 0.458. The van der Waals surface area contributed by atoms with E-state index in [0.29, 0.717) is 25.3 Å². The molecule has 1 heterocycles. The number of hydrogen-bond acceptors (Lipinski definition) is 4. The Kier molecular flexibility index (Phi) is 8.90. The summed E-state index contributed by atoms with van der Waals surface area (Å²) in [6.07, 6.45) is 2.36. The number of nitrogens with zero attached hydrogens (tertiary/aromatic N) is 1. The Morgan fingerprint density at radius 1 is 0.914 bits per heavy atom. The van der Waals surface area contributed by atoms with Crippen LogP contribution in [-0.2, 0) is 27.3 Å². The van der Waals surface area contributed by atoms with Gasteiger partial charge in [0.05, 0.1) is 6.10 Å². The SMILES string of the molecule is O=C(NC[C@@H]1CCCO1)[C@@H](Cc1ccccc1)N(Cc1ccccc1)C(=O)COc1ccccc1. The Bertz CT molecular complexity index is 1050. The second-order valence-corrected chi connectivity index (χ2v) is 8.69. The third-order valence-corrected chi connectivity index (χ3v) is 6.10. The fraction of sp³-hybridized carbons (Fsp3) is 0.310. The lowest BCUT2D eigenvalue weighted by Crippen LogP contribution is -2.52. The van der Waals surface area contributed by atoms with E-state index in [2.05, 4.69) is 5.32 Å². The predicted molar refractivity (Wildman–Crippen MR) is 135 cm³/mol. The standard InChI is InChI=1S/C29H32N2O4/c32-28(22-35-25-15-8-3-9-16-25)31(21-24-13-6-2-7-14-24)27(19-23-11-4-1-5-12-23)29(33)30-20-26-17-10-18-34-26/h1-9,11-16,26-27H,10,17-22H2,(H,30,33)/t26-,27+/m0/s1. The minimum absolute atomic E-state index is 0.0241. The van der Waals surface area contributed by atoms with Crippen molar-refractivity contribution in [2.24, 2.45) is 0 Å². The summed E-state index contributed by atoms with van der Waals surface area (Å²) in [5.41, 5.74) is 1.94. The number of nitrogens with one attached hydrogen (secondary N) is 1. The van der Waals surface area contributed by atoms with Crippen LogP contribution in [0.5, 0.6) is 5.75 Å². The number of carbonyl (C=O) groups excluding carboxylic acids is 2. The summed E-state index contributed by atoms with van der Waals surface area (Å²) in [7, 11) is 0. The largest absolute Gasteiger partial charge is 0.484 e. The second kappa shape index (κ2) is 12.7. The summed E-state index contributed by atoms with van der Waals surface area (Å²) in [5.74, 6) is 0.183. The van der Waals surface area contributed by atoms with Crippen molar-refractivity contribution in [2.45, 2.75) is 38.0 Å². The summed E-state index contributed by atoms with van der Waals surface area (Å²) in [5, 5.41) is 3.04. The van der Waals surface area contributed by atoms with Crippen molar-refractivity contribution >= 4 is 11.8 Å². The van der Waals surface area contributed by atoms with Crippen LogP contribution >= 0.6 is 0 Å². The van der Waals surface area contributed by atoms with Crippen LogP contribution in [-0.4, -0.2) is 48.6 Å². The molecule has 182 valence electrons. The van der Waals surface area contributed by atoms with Crippen molar-refractivity contribution in [1.82, 2.24) is 10.2 Å². The van der Waals surface area contributed by atoms with Crippen molar-refractivity contribution in [2.75, 3.05) is 19.8 Å². The zero-order chi connectivity index (χ0) is 24.3. The minimum atomic E-state index is -0.689. The van der Waals surface area contributed by atoms with Crippen LogP contribution in [0, 0.1) is 0 Å². The highest BCUT2D eigenvalue weighted by Crippen LogP contribution is 2.17. The van der Waals surface area contributed by atoms with Crippen LogP contribution in [0.4, 0.5) is 0 Å². The van der Waals surface area contributed by atoms with E-state index in [9.17, 15) is 9.59 Å². The van der Waals surface area contributed by atoms with Gasteiger partial charge in [0.1, 0.15) is 11.8 Å². The van der Waals surface area contributed by atoms with Crippen molar-refractivity contribution in [3.05, 3.63) is 102 Å². The summed E-state index contributed by atoms with van der Waals surface area (Å²) < 4.78 is 11.4. The Morgan fingerprint density at radius 3 is 2.17 bits per heavy atom. The number of rotatable bonds is 11. The van der Waals surface area contributed by atoms with Crippen LogP contribution in [0.3, 0.4) is 0 Å². The average Bonchev–Trinajstić information content (AvgIpc) is 3.43. The van der Waals surface area contributed by atoms with E-state index >= 15 is 0 Å². The average molecular weight is 473 g/mol. The molecule has 1 fully saturated rings. The molecule has 1 aliphatic rings. The number of hydrogen-bond donors (Lipinski definition) is 1. The smallest absolute Gasteiger partial charge is 0.261 e. The summed E-state index contributed by atoms with van der Waals surface area (Å²) in [6.45, 7) is 1.32. The molecule has 0 aromatic heterocycles. The van der Waals surface area contributed by atoms with Gasteiger partial charge in [-0.2, -0.15) is 0 Å². The first kappa shape index (κ1) is 24.5. The lowest BCUT2D eigenvalue weighted by Gasteiger charge is -2.31. The molecule has 0 saturated carbocycles. The third-order valence-electron chi connectivity index (χ3n) is 6.10. The maximum atomic E-state index is 13.5. The first-order chi connectivity index (χ1) is 17.2. The van der Waals surface area contributed by atoms with Gasteiger partial charge in [0, 0.05) is 26.1 Å². The lowest BCUT2D eigenvalue weighted by molar-refractivity contribution is -0.143. The molecule has 6 nitrogen and oxygen atoms in total. The summed E-state index contributed by atoms with van der Waals surface area (Å²) in [4.78, 5) is 28.7. The fourth-order valence-corrected chi connectivity index (χ4v) is 4.22. The first-order valence-electron chi connectivity index (χ1n) is 12.1. The molecule has 35 heavy (non-hydrogen) atoms. The Morgan fingerprint density at radius 2 is 1.54 bits per heavy atom. The second-order valence-electron chi connectivity index (χ2n) is 8.69. The van der Waals surface area contributed by atoms with Crippen molar-refractivity contribution < 1.29 is 19.1 Å². The van der Waals surface area contributed by atoms with Gasteiger partial charge >= 0.3 is 0 Å². The van der Waals surface area contributed by atoms with Crippen LogP contribution in [0.2, 0.25) is 0 Å². The van der Waals surface area contributed by atoms with Crippen molar-refractivity contribution in [3.63, 3.8) is 0 Å². The molecule has 2 amide bonds. The van der Waals surface area contributed by atoms with Gasteiger partial charge in [-0.15, -0.1) is 0 Å². The molecular formula is C29H32N2O4. The number of carbonyl (C=O) groups is 2. The molecule has 3 aromatic carbocycles. The molecule has 4 rings (SSSR count). The molecular weight excluding hydrogens is 440 g/mol. The van der Waals surface area contributed by atoms with Crippen molar-refractivity contribution in [3.8, 4) is 5.75 Å². The molecule has 0 radical (unpaired) electrons. The molecule has 6 heteroatoms. The van der Waals surface area contributed by atoms with E-state index in [0.717, 1.165) is 30.6 Å². The van der Waals surface area contributed by atoms with Gasteiger partial charge in [-0.1, -0.05) is 78.9 Å². The number of para-hydroxylation sites is 1. The van der Waals surface area contributed by atoms with E-state index in [1.165, 1.54) is 0 Å². The monoisotopic (exact) mass is 472 g/mol. The number of amides is 2. The zero-order valence-electron chi connectivity index (χ0n) is 19.8. The maximum Gasteiger partial charge on any atom is 0.261 e. The Balaban J connectivity index is 1.56. The van der Waals surface area contributed by atoms with Crippen LogP contribution in [0.25, 0.3) is 0 Å². The molecule has 3 aromatic rings. The Hall–Kier alpha value is -3.64. The van der Waals surface area contributed by atoms with Crippen molar-refractivity contribution in [1.29, 1.82) is 0 Å². The fourth-order valence-electron chi connectivity index (χ4n) is 4.22. The van der Waals surface area contributed by atoms with Gasteiger partial charge in [-0.3, -0.25) is 9.59 Å². The zero-order valence-corrected chi connectivity index (χ0v) is 19.8. The highest BCUT2D eigenvalue weighted by molar-refractivity contribution is 5.88. The lowest BCUT2D eigenvalue weighted by atomic mass is 10.0. The van der Waals surface area contributed by atoms with Gasteiger partial charge < -0.3 is 19.7 Å². The molecule has 0 bridgehead atoms. The highest BCUT2D eigenvalue weighted by Gasteiger charge is 2.31. The van der Waals surface area contributed by atoms with E-state index in [-0.39, 0.29) is 24.5 Å². The first-order valence-corrected chi connectivity index (χ1v) is 12.1. The summed E-state index contributed by atoms with van der Waals surface area (Å²) in [6, 6.07) is 28.0. The predicted octanol–water partition coefficient (Wildman–Crippen LogP) is 4.00. The van der Waals surface area contributed by atoms with Gasteiger partial charge in [0.25, 0.3) is 5.91 Å². The van der Waals surface area contributed by atoms with Crippen LogP contribution in [0.15, 0.2) is 91.0 Å². The molecule has 0 spiro atoms. The molecule has 0 unspecified atom stereocenters. The van der Waals surface area contributed by atoms with E-state index in [1.807, 2.05) is 91.0 Å². The topological polar surface area (TPSA) is 67.9 Å². The molecule has 0 aliphatic carbocycles. The summed E-state index contributed by atoms with van der Waals surface area (Å²) >= 11 is 0. The normalized spacial score (nSPS) is 15.8. The van der Waals surface area contributed by atoms with Crippen LogP contribution in [0.1, 0.15) is 24.0 Å². The van der Waals surface area contributed by atoms with E-state index in [1.54, 1.807) is 4.90 Å². The van der Waals surface area contributed by atoms with E-state index < -0.39 is 6.04 Å². The third kappa shape index (κ3) is 7.42. The molecule has 1 N–H and O–H groups in total. The van der Waals surface area contributed by atoms with Gasteiger partial charge in [-0.05, 0) is 36.1 Å². The number of ether oxygens (including phenoxy) is 2. The van der Waals surface area contributed by atoms with Gasteiger partial charge in [0.15, 0.2) is 6.61 Å². The van der Waals surface area contributed by atoms with E-state index in [4.69, 9.17) is 9.47 Å². The van der Waals surface area contributed by atoms with Crippen LogP contribution < -0.4 is 10.1 Å². The number of benzene rings is 3. The Labute approximate surface area is 206 Å². The molecule has 2 atom stereocenters. The maximum absolute atomic E-state index is 13.5. The molecule has 1 aliphatic heterocycles. The van der Waals surface area contributed by atoms with Gasteiger partial charge in [0.2, 0.25) is 5.91 Å². The van der Waals surface area contributed by atoms with Gasteiger partial charge in [-0.25, -0.2) is 0 Å². The minimum Gasteiger partial charge on any atom is -0.484 e. The highest BCUT2D eigenvalue weighted by atomic mass is 16.5. The molecule has 1 saturated heterocycles.